The Balaban J connectivity index is 1.42. The predicted octanol–water partition coefficient (Wildman–Crippen LogP) is 5.05. The van der Waals surface area contributed by atoms with E-state index >= 15 is 0 Å². The van der Waals surface area contributed by atoms with Gasteiger partial charge in [-0.3, -0.25) is 4.79 Å². The van der Waals surface area contributed by atoms with Gasteiger partial charge in [0.1, 0.15) is 5.01 Å². The van der Waals surface area contributed by atoms with Gasteiger partial charge in [-0.25, -0.2) is 9.78 Å². The molecule has 0 aliphatic carbocycles. The molecule has 146 valence electrons. The van der Waals surface area contributed by atoms with Crippen molar-refractivity contribution in [1.82, 2.24) is 4.98 Å². The van der Waals surface area contributed by atoms with Crippen molar-refractivity contribution in [1.29, 1.82) is 0 Å². The van der Waals surface area contributed by atoms with Crippen LogP contribution in [-0.2, 0) is 9.53 Å². The third-order valence-electron chi connectivity index (χ3n) is 4.32. The molecule has 2 heterocycles. The molecule has 1 N–H and O–H groups in total. The van der Waals surface area contributed by atoms with Crippen LogP contribution in [0.4, 0.5) is 5.69 Å². The monoisotopic (exact) mass is 406 g/mol. The molecule has 2 aromatic carbocycles. The average Bonchev–Trinajstić information content (AvgIpc) is 3.38. The summed E-state index contributed by atoms with van der Waals surface area (Å²) in [6, 6.07) is 16.6. The zero-order valence-electron chi connectivity index (χ0n) is 15.8. The topological polar surface area (TPSA) is 81.4 Å². The van der Waals surface area contributed by atoms with Crippen molar-refractivity contribution < 1.29 is 18.7 Å². The number of furan rings is 1. The summed E-state index contributed by atoms with van der Waals surface area (Å²) in [5.74, 6) is -1.05. The van der Waals surface area contributed by atoms with Crippen molar-refractivity contribution in [2.75, 3.05) is 5.32 Å². The van der Waals surface area contributed by atoms with Crippen LogP contribution in [0.3, 0.4) is 0 Å². The number of aryl methyl sites for hydroxylation is 1. The Hall–Kier alpha value is -3.45. The number of amides is 1. The Morgan fingerprint density at radius 3 is 2.66 bits per heavy atom. The van der Waals surface area contributed by atoms with Crippen LogP contribution in [-0.4, -0.2) is 23.0 Å². The average molecular weight is 406 g/mol. The van der Waals surface area contributed by atoms with E-state index in [0.717, 1.165) is 20.8 Å². The lowest BCUT2D eigenvalue weighted by molar-refractivity contribution is -0.123. The molecule has 0 unspecified atom stereocenters. The fraction of sp³-hybridized carbons (Fsp3) is 0.136. The molecule has 0 aliphatic rings. The van der Waals surface area contributed by atoms with E-state index in [1.807, 2.05) is 24.3 Å². The van der Waals surface area contributed by atoms with Crippen molar-refractivity contribution >= 4 is 39.1 Å². The van der Waals surface area contributed by atoms with E-state index < -0.39 is 18.0 Å². The van der Waals surface area contributed by atoms with Gasteiger partial charge in [-0.05, 0) is 67.9 Å². The second-order valence-electron chi connectivity index (χ2n) is 6.58. The fourth-order valence-corrected chi connectivity index (χ4v) is 3.83. The number of rotatable bonds is 5. The Morgan fingerprint density at radius 1 is 1.14 bits per heavy atom. The number of esters is 1. The molecule has 0 saturated carbocycles. The number of nitrogens with one attached hydrogen (secondary N) is 1. The first-order valence-electron chi connectivity index (χ1n) is 9.02. The molecule has 7 heteroatoms. The summed E-state index contributed by atoms with van der Waals surface area (Å²) in [5.41, 5.74) is 3.75. The number of aromatic nitrogens is 1. The van der Waals surface area contributed by atoms with Crippen molar-refractivity contribution in [3.8, 4) is 10.6 Å². The molecule has 0 aliphatic heterocycles. The first-order valence-corrected chi connectivity index (χ1v) is 9.84. The number of hydrogen-bond donors (Lipinski definition) is 1. The molecule has 2 aromatic heterocycles. The molecule has 0 spiro atoms. The van der Waals surface area contributed by atoms with Gasteiger partial charge in [0.25, 0.3) is 5.91 Å². The highest BCUT2D eigenvalue weighted by Gasteiger charge is 2.20. The number of ether oxygens (including phenoxy) is 1. The van der Waals surface area contributed by atoms with Crippen molar-refractivity contribution in [2.24, 2.45) is 0 Å². The fourth-order valence-electron chi connectivity index (χ4n) is 2.76. The van der Waals surface area contributed by atoms with E-state index in [1.165, 1.54) is 24.8 Å². The number of carbonyl (C=O) groups is 2. The zero-order chi connectivity index (χ0) is 20.4. The Bertz CT molecular complexity index is 1160. The highest BCUT2D eigenvalue weighted by Crippen LogP contribution is 2.31. The number of anilines is 1. The third kappa shape index (κ3) is 4.20. The molecule has 0 saturated heterocycles. The van der Waals surface area contributed by atoms with Crippen LogP contribution in [0.15, 0.2) is 65.3 Å². The summed E-state index contributed by atoms with van der Waals surface area (Å²) in [4.78, 5) is 28.8. The largest absolute Gasteiger partial charge is 0.457 e. The van der Waals surface area contributed by atoms with Crippen molar-refractivity contribution in [3.63, 3.8) is 0 Å². The molecule has 1 atom stereocenters. The van der Waals surface area contributed by atoms with E-state index in [9.17, 15) is 9.59 Å². The highest BCUT2D eigenvalue weighted by atomic mass is 32.1. The van der Waals surface area contributed by atoms with Gasteiger partial charge in [0.2, 0.25) is 5.76 Å². The minimum Gasteiger partial charge on any atom is -0.457 e. The molecular weight excluding hydrogens is 388 g/mol. The van der Waals surface area contributed by atoms with Gasteiger partial charge >= 0.3 is 5.97 Å². The highest BCUT2D eigenvalue weighted by molar-refractivity contribution is 7.21. The summed E-state index contributed by atoms with van der Waals surface area (Å²) in [6.45, 7) is 3.57. The van der Waals surface area contributed by atoms with Gasteiger partial charge in [-0.1, -0.05) is 6.07 Å². The molecule has 4 rings (SSSR count). The van der Waals surface area contributed by atoms with Crippen LogP contribution in [0.1, 0.15) is 23.0 Å². The van der Waals surface area contributed by atoms with E-state index in [2.05, 4.69) is 23.3 Å². The van der Waals surface area contributed by atoms with Crippen LogP contribution >= 0.6 is 11.3 Å². The molecule has 0 fully saturated rings. The summed E-state index contributed by atoms with van der Waals surface area (Å²) in [5, 5.41) is 3.66. The minimum atomic E-state index is -0.959. The second kappa shape index (κ2) is 7.89. The first-order chi connectivity index (χ1) is 14.0. The Morgan fingerprint density at radius 2 is 1.93 bits per heavy atom. The van der Waals surface area contributed by atoms with Gasteiger partial charge in [0.05, 0.1) is 16.5 Å². The predicted molar refractivity (Wildman–Crippen MR) is 112 cm³/mol. The van der Waals surface area contributed by atoms with E-state index in [1.54, 1.807) is 29.5 Å². The van der Waals surface area contributed by atoms with Gasteiger partial charge < -0.3 is 14.5 Å². The molecular formula is C22H18N2O4S. The third-order valence-corrected chi connectivity index (χ3v) is 5.39. The summed E-state index contributed by atoms with van der Waals surface area (Å²) >= 11 is 1.63. The summed E-state index contributed by atoms with van der Waals surface area (Å²) < 4.78 is 11.2. The number of fused-ring (bicyclic) bond motifs is 1. The maximum Gasteiger partial charge on any atom is 0.374 e. The smallest absolute Gasteiger partial charge is 0.374 e. The van der Waals surface area contributed by atoms with Crippen molar-refractivity contribution in [3.05, 3.63) is 72.2 Å². The standard InChI is InChI=1S/C22H18N2O4S/c1-13-5-10-17-19(12-13)29-21(24-17)15-6-8-16(9-7-15)23-20(25)14(2)28-22(26)18-4-3-11-27-18/h3-12,14H,1-2H3,(H,23,25)/t14-/m1/s1. The Labute approximate surface area is 171 Å². The maximum atomic E-state index is 12.3. The quantitative estimate of drug-likeness (QED) is 0.469. The molecule has 1 amide bonds. The lowest BCUT2D eigenvalue weighted by Gasteiger charge is -2.12. The van der Waals surface area contributed by atoms with Gasteiger partial charge in [-0.2, -0.15) is 0 Å². The number of thiazole rings is 1. The minimum absolute atomic E-state index is 0.0556. The number of hydrogen-bond acceptors (Lipinski definition) is 6. The van der Waals surface area contributed by atoms with E-state index in [0.29, 0.717) is 5.69 Å². The van der Waals surface area contributed by atoms with E-state index in [-0.39, 0.29) is 5.76 Å². The van der Waals surface area contributed by atoms with Crippen molar-refractivity contribution in [2.45, 2.75) is 20.0 Å². The zero-order valence-corrected chi connectivity index (χ0v) is 16.7. The molecule has 0 radical (unpaired) electrons. The number of nitrogens with zero attached hydrogens (tertiary/aromatic N) is 1. The molecule has 6 nitrogen and oxygen atoms in total. The van der Waals surface area contributed by atoms with Crippen LogP contribution in [0, 0.1) is 6.92 Å². The maximum absolute atomic E-state index is 12.3. The lowest BCUT2D eigenvalue weighted by atomic mass is 10.2. The second-order valence-corrected chi connectivity index (χ2v) is 7.61. The molecule has 0 bridgehead atoms. The first kappa shape index (κ1) is 18.9. The van der Waals surface area contributed by atoms with Gasteiger partial charge in [0, 0.05) is 11.3 Å². The summed E-state index contributed by atoms with van der Waals surface area (Å²) in [6.07, 6.45) is 0.412. The van der Waals surface area contributed by atoms with Crippen LogP contribution < -0.4 is 5.32 Å². The van der Waals surface area contributed by atoms with Crippen LogP contribution in [0.5, 0.6) is 0 Å². The van der Waals surface area contributed by atoms with Crippen LogP contribution in [0.25, 0.3) is 20.8 Å². The summed E-state index contributed by atoms with van der Waals surface area (Å²) in [7, 11) is 0. The normalized spacial score (nSPS) is 11.9. The lowest BCUT2D eigenvalue weighted by Crippen LogP contribution is -2.29. The van der Waals surface area contributed by atoms with Gasteiger partial charge in [-0.15, -0.1) is 11.3 Å². The Kier molecular flexibility index (Phi) is 5.14. The molecule has 29 heavy (non-hydrogen) atoms. The SMILES string of the molecule is Cc1ccc2nc(-c3ccc(NC(=O)[C@@H](C)OC(=O)c4ccco4)cc3)sc2c1. The van der Waals surface area contributed by atoms with Crippen LogP contribution in [0.2, 0.25) is 0 Å². The number of carbonyl (C=O) groups excluding carboxylic acids is 2. The van der Waals surface area contributed by atoms with Gasteiger partial charge in [0.15, 0.2) is 6.10 Å². The number of benzene rings is 2. The van der Waals surface area contributed by atoms with E-state index in [4.69, 9.17) is 9.15 Å². The molecule has 4 aromatic rings.